The Kier molecular flexibility index (Phi) is 8.61. The number of aromatic nitrogens is 2. The van der Waals surface area contributed by atoms with E-state index in [0.717, 1.165) is 24.8 Å². The van der Waals surface area contributed by atoms with E-state index in [1.165, 1.54) is 4.68 Å². The number of carbonyl (C=O) groups excluding carboxylic acids is 2. The first kappa shape index (κ1) is 24.8. The minimum absolute atomic E-state index is 0.0847. The first-order chi connectivity index (χ1) is 16.5. The molecule has 1 heterocycles. The average Bonchev–Trinajstić information content (AvgIpc) is 2.87. The number of fused-ring (bicyclic) bond motifs is 1. The van der Waals surface area contributed by atoms with Crippen molar-refractivity contribution in [3.8, 4) is 11.5 Å². The van der Waals surface area contributed by atoms with E-state index in [1.54, 1.807) is 44.6 Å². The summed E-state index contributed by atoms with van der Waals surface area (Å²) >= 11 is 0. The number of unbranched alkanes of at least 4 members (excludes halogenated alkanes) is 2. The number of nitrogens with zero attached hydrogens (tertiary/aromatic N) is 2. The average molecular weight is 467 g/mol. The SMILES string of the molecule is CCCCCn1nc(C(=O)NNC(=O)CCc2cccc(OC)c2OC)c2ccccc2c1=O. The summed E-state index contributed by atoms with van der Waals surface area (Å²) in [5, 5.41) is 5.15. The van der Waals surface area contributed by atoms with Crippen LogP contribution in [0.1, 0.15) is 48.7 Å². The number of benzene rings is 2. The number of hydrogen-bond donors (Lipinski definition) is 2. The molecule has 0 saturated carbocycles. The Morgan fingerprint density at radius 3 is 2.44 bits per heavy atom. The first-order valence-electron chi connectivity index (χ1n) is 11.3. The standard InChI is InChI=1S/C25H30N4O5/c1-4-5-8-16-29-25(32)19-12-7-6-11-18(19)22(28-29)24(31)27-26-21(30)15-14-17-10-9-13-20(33-2)23(17)34-3/h6-7,9-13H,4-5,8,14-16H2,1-3H3,(H,26,30)(H,27,31). The lowest BCUT2D eigenvalue weighted by Gasteiger charge is -2.13. The number of amides is 2. The van der Waals surface area contributed by atoms with Gasteiger partial charge in [0.1, 0.15) is 0 Å². The first-order valence-corrected chi connectivity index (χ1v) is 11.3. The molecule has 0 atom stereocenters. The van der Waals surface area contributed by atoms with Crippen LogP contribution in [0.2, 0.25) is 0 Å². The van der Waals surface area contributed by atoms with E-state index < -0.39 is 5.91 Å². The number of hydrazine groups is 1. The second-order valence-corrected chi connectivity index (χ2v) is 7.78. The molecule has 2 amide bonds. The molecule has 3 rings (SSSR count). The Morgan fingerprint density at radius 1 is 0.971 bits per heavy atom. The number of hydrogen-bond acceptors (Lipinski definition) is 6. The van der Waals surface area contributed by atoms with Gasteiger partial charge < -0.3 is 9.47 Å². The Morgan fingerprint density at radius 2 is 1.74 bits per heavy atom. The molecule has 34 heavy (non-hydrogen) atoms. The summed E-state index contributed by atoms with van der Waals surface area (Å²) in [7, 11) is 3.09. The number of nitrogens with one attached hydrogen (secondary N) is 2. The van der Waals surface area contributed by atoms with Crippen LogP contribution < -0.4 is 25.9 Å². The van der Waals surface area contributed by atoms with E-state index in [2.05, 4.69) is 22.9 Å². The van der Waals surface area contributed by atoms with Gasteiger partial charge in [0, 0.05) is 18.4 Å². The van der Waals surface area contributed by atoms with Crippen molar-refractivity contribution in [2.24, 2.45) is 0 Å². The minimum atomic E-state index is -0.590. The van der Waals surface area contributed by atoms with Crippen LogP contribution in [0.25, 0.3) is 10.8 Å². The van der Waals surface area contributed by atoms with Gasteiger partial charge in [0.25, 0.3) is 11.5 Å². The quantitative estimate of drug-likeness (QED) is 0.351. The number of ether oxygens (including phenoxy) is 2. The number of methoxy groups -OCH3 is 2. The molecule has 0 spiro atoms. The second-order valence-electron chi connectivity index (χ2n) is 7.78. The maximum absolute atomic E-state index is 12.9. The molecule has 3 aromatic rings. The van der Waals surface area contributed by atoms with Gasteiger partial charge in [-0.25, -0.2) is 4.68 Å². The summed E-state index contributed by atoms with van der Waals surface area (Å²) in [6.07, 6.45) is 3.26. The van der Waals surface area contributed by atoms with Gasteiger partial charge in [-0.05, 0) is 30.5 Å². The molecule has 0 aliphatic heterocycles. The Balaban J connectivity index is 1.70. The molecule has 0 fully saturated rings. The predicted octanol–water partition coefficient (Wildman–Crippen LogP) is 3.00. The lowest BCUT2D eigenvalue weighted by molar-refractivity contribution is -0.121. The van der Waals surface area contributed by atoms with E-state index in [4.69, 9.17) is 9.47 Å². The van der Waals surface area contributed by atoms with E-state index in [1.807, 2.05) is 12.1 Å². The summed E-state index contributed by atoms with van der Waals surface area (Å²) in [6.45, 7) is 2.50. The van der Waals surface area contributed by atoms with Crippen LogP contribution in [0.5, 0.6) is 11.5 Å². The third-order valence-electron chi connectivity index (χ3n) is 5.48. The van der Waals surface area contributed by atoms with Crippen LogP contribution in [0.15, 0.2) is 47.3 Å². The molecular weight excluding hydrogens is 436 g/mol. The molecule has 2 aromatic carbocycles. The van der Waals surface area contributed by atoms with Crippen molar-refractivity contribution in [2.45, 2.75) is 45.6 Å². The number of rotatable bonds is 10. The Labute approximate surface area is 198 Å². The van der Waals surface area contributed by atoms with E-state index in [9.17, 15) is 14.4 Å². The number of para-hydroxylation sites is 1. The van der Waals surface area contributed by atoms with Gasteiger partial charge in [-0.2, -0.15) is 5.10 Å². The largest absolute Gasteiger partial charge is 0.493 e. The summed E-state index contributed by atoms with van der Waals surface area (Å²) in [5.74, 6) is 0.190. The highest BCUT2D eigenvalue weighted by Gasteiger charge is 2.17. The Bertz CT molecular complexity index is 1220. The fraction of sp³-hybridized carbons (Fsp3) is 0.360. The molecule has 0 radical (unpaired) electrons. The van der Waals surface area contributed by atoms with E-state index in [0.29, 0.717) is 35.2 Å². The molecule has 0 bridgehead atoms. The van der Waals surface area contributed by atoms with Crippen molar-refractivity contribution in [3.05, 3.63) is 64.1 Å². The smallest absolute Gasteiger partial charge is 0.290 e. The van der Waals surface area contributed by atoms with Gasteiger partial charge >= 0.3 is 0 Å². The Hall–Kier alpha value is -3.88. The monoisotopic (exact) mass is 466 g/mol. The van der Waals surface area contributed by atoms with Gasteiger partial charge in [0.05, 0.1) is 19.6 Å². The van der Waals surface area contributed by atoms with Crippen LogP contribution in [0.4, 0.5) is 0 Å². The summed E-state index contributed by atoms with van der Waals surface area (Å²) in [5.41, 5.74) is 5.51. The van der Waals surface area contributed by atoms with Crippen LogP contribution in [0.3, 0.4) is 0 Å². The molecule has 180 valence electrons. The second kappa shape index (κ2) is 11.8. The van der Waals surface area contributed by atoms with Gasteiger partial charge in [-0.3, -0.25) is 25.2 Å². The van der Waals surface area contributed by atoms with Crippen LogP contribution >= 0.6 is 0 Å². The van der Waals surface area contributed by atoms with Crippen LogP contribution in [-0.2, 0) is 17.8 Å². The highest BCUT2D eigenvalue weighted by Crippen LogP contribution is 2.31. The molecule has 0 unspecified atom stereocenters. The van der Waals surface area contributed by atoms with Gasteiger partial charge in [-0.1, -0.05) is 50.1 Å². The molecule has 0 aliphatic rings. The normalized spacial score (nSPS) is 10.7. The lowest BCUT2D eigenvalue weighted by atomic mass is 10.1. The predicted molar refractivity (Wildman–Crippen MR) is 129 cm³/mol. The lowest BCUT2D eigenvalue weighted by Crippen LogP contribution is -2.43. The zero-order valence-corrected chi connectivity index (χ0v) is 19.7. The minimum Gasteiger partial charge on any atom is -0.493 e. The molecule has 1 aromatic heterocycles. The third kappa shape index (κ3) is 5.72. The third-order valence-corrected chi connectivity index (χ3v) is 5.48. The van der Waals surface area contributed by atoms with Crippen molar-refractivity contribution in [2.75, 3.05) is 14.2 Å². The highest BCUT2D eigenvalue weighted by molar-refractivity contribution is 6.05. The van der Waals surface area contributed by atoms with Crippen molar-refractivity contribution >= 4 is 22.6 Å². The van der Waals surface area contributed by atoms with Crippen LogP contribution in [0, 0.1) is 0 Å². The number of aryl methyl sites for hydroxylation is 2. The fourth-order valence-electron chi connectivity index (χ4n) is 3.71. The summed E-state index contributed by atoms with van der Waals surface area (Å²) < 4.78 is 12.0. The maximum atomic E-state index is 12.9. The fourth-order valence-corrected chi connectivity index (χ4v) is 3.71. The number of carbonyl (C=O) groups is 2. The van der Waals surface area contributed by atoms with Gasteiger partial charge in [-0.15, -0.1) is 0 Å². The zero-order chi connectivity index (χ0) is 24.5. The highest BCUT2D eigenvalue weighted by atomic mass is 16.5. The van der Waals surface area contributed by atoms with E-state index >= 15 is 0 Å². The van der Waals surface area contributed by atoms with E-state index in [-0.39, 0.29) is 23.6 Å². The van der Waals surface area contributed by atoms with Crippen LogP contribution in [-0.4, -0.2) is 35.8 Å². The molecule has 9 nitrogen and oxygen atoms in total. The van der Waals surface area contributed by atoms with Crippen molar-refractivity contribution in [1.82, 2.24) is 20.6 Å². The zero-order valence-electron chi connectivity index (χ0n) is 19.7. The van der Waals surface area contributed by atoms with Crippen molar-refractivity contribution in [1.29, 1.82) is 0 Å². The molecule has 0 aliphatic carbocycles. The maximum Gasteiger partial charge on any atom is 0.290 e. The van der Waals surface area contributed by atoms with Crippen molar-refractivity contribution < 1.29 is 19.1 Å². The molecular formula is C25H30N4O5. The summed E-state index contributed by atoms with van der Waals surface area (Å²) in [6, 6.07) is 12.3. The molecule has 9 heteroatoms. The molecule has 0 saturated heterocycles. The topological polar surface area (TPSA) is 112 Å². The van der Waals surface area contributed by atoms with Crippen molar-refractivity contribution in [3.63, 3.8) is 0 Å². The molecule has 2 N–H and O–H groups in total. The van der Waals surface area contributed by atoms with Gasteiger partial charge in [0.15, 0.2) is 17.2 Å². The van der Waals surface area contributed by atoms with Gasteiger partial charge in [0.2, 0.25) is 5.91 Å². The summed E-state index contributed by atoms with van der Waals surface area (Å²) in [4.78, 5) is 38.0.